The first kappa shape index (κ1) is 9.03. The molecule has 0 saturated carbocycles. The van der Waals surface area contributed by atoms with Gasteiger partial charge in [0.2, 0.25) is 0 Å². The lowest BCUT2D eigenvalue weighted by atomic mass is 10.3. The molecule has 0 spiro atoms. The van der Waals surface area contributed by atoms with Crippen LogP contribution >= 0.6 is 23.1 Å². The number of fused-ring (bicyclic) bond motifs is 1. The van der Waals surface area contributed by atoms with Gasteiger partial charge in [0.05, 0.1) is 15.2 Å². The summed E-state index contributed by atoms with van der Waals surface area (Å²) >= 11 is 3.69. The van der Waals surface area contributed by atoms with Crippen LogP contribution in [0.5, 0.6) is 0 Å². The van der Waals surface area contributed by atoms with Gasteiger partial charge in [0.1, 0.15) is 0 Å². The summed E-state index contributed by atoms with van der Waals surface area (Å²) in [7, 11) is 0. The van der Waals surface area contributed by atoms with Crippen molar-refractivity contribution in [2.75, 3.05) is 12.0 Å². The van der Waals surface area contributed by atoms with Crippen molar-refractivity contribution in [2.24, 2.45) is 0 Å². The van der Waals surface area contributed by atoms with Crippen LogP contribution in [0.2, 0.25) is 0 Å². The number of benzene rings is 1. The van der Waals surface area contributed by atoms with E-state index in [1.807, 2.05) is 29.2 Å². The molecule has 0 aliphatic heterocycles. The number of thiazole rings is 1. The van der Waals surface area contributed by atoms with Gasteiger partial charge in [-0.15, -0.1) is 11.3 Å². The molecule has 0 fully saturated rings. The lowest BCUT2D eigenvalue weighted by Gasteiger charge is -1.89. The number of para-hydroxylation sites is 1. The monoisotopic (exact) mass is 209 g/mol. The second-order valence-electron chi connectivity index (χ2n) is 2.82. The molecule has 2 aromatic rings. The Hall–Kier alpha value is -0.540. The molecule has 68 valence electrons. The average Bonchev–Trinajstić information content (AvgIpc) is 2.57. The largest absolute Gasteiger partial charge is 0.241 e. The highest BCUT2D eigenvalue weighted by Crippen LogP contribution is 2.22. The molecule has 2 rings (SSSR count). The topological polar surface area (TPSA) is 12.9 Å². The highest BCUT2D eigenvalue weighted by atomic mass is 32.2. The molecular formula is C10H11NS2. The van der Waals surface area contributed by atoms with Crippen LogP contribution < -0.4 is 0 Å². The number of hydrogen-bond acceptors (Lipinski definition) is 3. The van der Waals surface area contributed by atoms with Crippen LogP contribution in [-0.2, 0) is 6.42 Å². The SMILES string of the molecule is CSCCc1nc2ccccc2s1. The normalized spacial score (nSPS) is 10.8. The third-order valence-electron chi connectivity index (χ3n) is 1.86. The van der Waals surface area contributed by atoms with Crippen LogP contribution in [0, 0.1) is 0 Å². The van der Waals surface area contributed by atoms with Crippen molar-refractivity contribution in [3.05, 3.63) is 29.3 Å². The fourth-order valence-electron chi connectivity index (χ4n) is 1.22. The van der Waals surface area contributed by atoms with E-state index in [-0.39, 0.29) is 0 Å². The quantitative estimate of drug-likeness (QED) is 0.770. The Kier molecular flexibility index (Phi) is 2.86. The lowest BCUT2D eigenvalue weighted by Crippen LogP contribution is -1.84. The first-order chi connectivity index (χ1) is 6.40. The molecule has 0 saturated heterocycles. The van der Waals surface area contributed by atoms with Crippen molar-refractivity contribution in [3.8, 4) is 0 Å². The standard InChI is InChI=1S/C10H11NS2/c1-12-7-6-10-11-8-4-2-3-5-9(8)13-10/h2-5H,6-7H2,1H3. The van der Waals surface area contributed by atoms with Crippen molar-refractivity contribution >= 4 is 33.3 Å². The highest BCUT2D eigenvalue weighted by molar-refractivity contribution is 7.98. The Labute approximate surface area is 86.2 Å². The second kappa shape index (κ2) is 4.11. The zero-order valence-electron chi connectivity index (χ0n) is 7.49. The summed E-state index contributed by atoms with van der Waals surface area (Å²) in [5.41, 5.74) is 1.14. The molecule has 0 aliphatic rings. The molecule has 3 heteroatoms. The summed E-state index contributed by atoms with van der Waals surface area (Å²) in [4.78, 5) is 4.56. The number of aryl methyl sites for hydroxylation is 1. The Morgan fingerprint density at radius 3 is 3.00 bits per heavy atom. The first-order valence-electron chi connectivity index (χ1n) is 4.23. The van der Waals surface area contributed by atoms with E-state index in [1.54, 1.807) is 0 Å². The summed E-state index contributed by atoms with van der Waals surface area (Å²) in [5, 5.41) is 1.26. The number of thioether (sulfide) groups is 1. The van der Waals surface area contributed by atoms with Gasteiger partial charge in [-0.2, -0.15) is 11.8 Å². The Balaban J connectivity index is 2.28. The molecule has 0 aliphatic carbocycles. The number of rotatable bonds is 3. The van der Waals surface area contributed by atoms with E-state index < -0.39 is 0 Å². The van der Waals surface area contributed by atoms with E-state index in [9.17, 15) is 0 Å². The minimum atomic E-state index is 1.10. The van der Waals surface area contributed by atoms with E-state index in [1.165, 1.54) is 15.5 Å². The van der Waals surface area contributed by atoms with E-state index in [0.717, 1.165) is 11.9 Å². The molecule has 0 unspecified atom stereocenters. The van der Waals surface area contributed by atoms with Crippen molar-refractivity contribution < 1.29 is 0 Å². The summed E-state index contributed by atoms with van der Waals surface area (Å²) in [6.07, 6.45) is 3.23. The molecule has 0 amide bonds. The van der Waals surface area contributed by atoms with Gasteiger partial charge in [0.25, 0.3) is 0 Å². The van der Waals surface area contributed by atoms with Gasteiger partial charge in [0.15, 0.2) is 0 Å². The van der Waals surface area contributed by atoms with E-state index in [2.05, 4.69) is 29.4 Å². The molecule has 0 N–H and O–H groups in total. The maximum Gasteiger partial charge on any atom is 0.0946 e. The van der Waals surface area contributed by atoms with Crippen molar-refractivity contribution in [3.63, 3.8) is 0 Å². The van der Waals surface area contributed by atoms with Crippen LogP contribution in [0.4, 0.5) is 0 Å². The molecule has 1 aromatic carbocycles. The first-order valence-corrected chi connectivity index (χ1v) is 6.44. The van der Waals surface area contributed by atoms with Crippen molar-refractivity contribution in [1.82, 2.24) is 4.98 Å². The zero-order valence-corrected chi connectivity index (χ0v) is 9.12. The minimum absolute atomic E-state index is 1.10. The fraction of sp³-hybridized carbons (Fsp3) is 0.300. The molecule has 13 heavy (non-hydrogen) atoms. The lowest BCUT2D eigenvalue weighted by molar-refractivity contribution is 1.12. The predicted octanol–water partition coefficient (Wildman–Crippen LogP) is 3.20. The third kappa shape index (κ3) is 2.03. The fourth-order valence-corrected chi connectivity index (χ4v) is 2.71. The molecule has 0 bridgehead atoms. The molecule has 1 heterocycles. The number of aromatic nitrogens is 1. The summed E-state index contributed by atoms with van der Waals surface area (Å²) in [6.45, 7) is 0. The van der Waals surface area contributed by atoms with Gasteiger partial charge < -0.3 is 0 Å². The molecule has 0 atom stereocenters. The Morgan fingerprint density at radius 2 is 2.23 bits per heavy atom. The van der Waals surface area contributed by atoms with Gasteiger partial charge >= 0.3 is 0 Å². The predicted molar refractivity (Wildman–Crippen MR) is 61.7 cm³/mol. The molecular weight excluding hydrogens is 198 g/mol. The summed E-state index contributed by atoms with van der Waals surface area (Å²) < 4.78 is 1.30. The smallest absolute Gasteiger partial charge is 0.0946 e. The van der Waals surface area contributed by atoms with Gasteiger partial charge in [0, 0.05) is 6.42 Å². The van der Waals surface area contributed by atoms with Crippen molar-refractivity contribution in [2.45, 2.75) is 6.42 Å². The van der Waals surface area contributed by atoms with Gasteiger partial charge in [-0.25, -0.2) is 4.98 Å². The average molecular weight is 209 g/mol. The second-order valence-corrected chi connectivity index (χ2v) is 4.92. The van der Waals surface area contributed by atoms with Crippen LogP contribution in [-0.4, -0.2) is 17.0 Å². The zero-order chi connectivity index (χ0) is 9.10. The maximum atomic E-state index is 4.56. The molecule has 0 radical (unpaired) electrons. The third-order valence-corrected chi connectivity index (χ3v) is 3.57. The van der Waals surface area contributed by atoms with Gasteiger partial charge in [-0.1, -0.05) is 12.1 Å². The molecule has 1 nitrogen and oxygen atoms in total. The number of nitrogens with zero attached hydrogens (tertiary/aromatic N) is 1. The van der Waals surface area contributed by atoms with Gasteiger partial charge in [-0.05, 0) is 24.1 Å². The van der Waals surface area contributed by atoms with Crippen LogP contribution in [0.1, 0.15) is 5.01 Å². The van der Waals surface area contributed by atoms with Crippen molar-refractivity contribution in [1.29, 1.82) is 0 Å². The van der Waals surface area contributed by atoms with Gasteiger partial charge in [-0.3, -0.25) is 0 Å². The Morgan fingerprint density at radius 1 is 1.38 bits per heavy atom. The molecule has 1 aromatic heterocycles. The van der Waals surface area contributed by atoms with Crippen LogP contribution in [0.3, 0.4) is 0 Å². The van der Waals surface area contributed by atoms with Crippen LogP contribution in [0.25, 0.3) is 10.2 Å². The highest BCUT2D eigenvalue weighted by Gasteiger charge is 2.01. The Bertz CT molecular complexity index is 361. The van der Waals surface area contributed by atoms with E-state index in [0.29, 0.717) is 0 Å². The van der Waals surface area contributed by atoms with E-state index >= 15 is 0 Å². The summed E-state index contributed by atoms with van der Waals surface area (Å²) in [5.74, 6) is 1.17. The van der Waals surface area contributed by atoms with Crippen LogP contribution in [0.15, 0.2) is 24.3 Å². The van der Waals surface area contributed by atoms with E-state index in [4.69, 9.17) is 0 Å². The summed E-state index contributed by atoms with van der Waals surface area (Å²) in [6, 6.07) is 8.32. The minimum Gasteiger partial charge on any atom is -0.241 e. The number of hydrogen-bond donors (Lipinski definition) is 0. The maximum absolute atomic E-state index is 4.56.